The molecule has 0 saturated heterocycles. The first-order valence-electron chi connectivity index (χ1n) is 22.0. The van der Waals surface area contributed by atoms with Crippen LogP contribution in [0.4, 0.5) is 0 Å². The van der Waals surface area contributed by atoms with E-state index in [1.54, 1.807) is 97.7 Å². The van der Waals surface area contributed by atoms with E-state index in [-0.39, 0.29) is 158 Å². The van der Waals surface area contributed by atoms with Gasteiger partial charge in [0.25, 0.3) is 0 Å². The van der Waals surface area contributed by atoms with Crippen LogP contribution in [0.5, 0.6) is 46.0 Å². The van der Waals surface area contributed by atoms with Gasteiger partial charge in [-0.15, -0.1) is 0 Å². The van der Waals surface area contributed by atoms with Crippen molar-refractivity contribution < 1.29 is 180 Å². The van der Waals surface area contributed by atoms with Gasteiger partial charge in [0, 0.05) is 24.9 Å². The van der Waals surface area contributed by atoms with Crippen LogP contribution >= 0.6 is 0 Å². The summed E-state index contributed by atoms with van der Waals surface area (Å²) in [5.74, 6) is 0.556. The van der Waals surface area contributed by atoms with E-state index in [0.717, 1.165) is 51.4 Å². The summed E-state index contributed by atoms with van der Waals surface area (Å²) >= 11 is 0. The van der Waals surface area contributed by atoms with Crippen molar-refractivity contribution >= 4 is 24.9 Å². The Morgan fingerprint density at radius 1 is 0.345 bits per heavy atom. The number of benzene rings is 4. The maximum Gasteiger partial charge on any atom is 3.00 e. The molecule has 2 aliphatic carbocycles. The molecular weight excluding hydrogens is 1540 g/mol. The van der Waals surface area contributed by atoms with Crippen molar-refractivity contribution in [1.82, 2.24) is 0 Å². The fraction of sp³-hybridized carbons (Fsp3) is 0.364. The molecule has 2 fully saturated rings. The van der Waals surface area contributed by atoms with Crippen LogP contribution < -0.4 is 39.4 Å². The van der Waals surface area contributed by atoms with Crippen LogP contribution in [0.3, 0.4) is 0 Å². The second-order valence-corrected chi connectivity index (χ2v) is 14.8. The van der Waals surface area contributed by atoms with Gasteiger partial charge in [-0.1, -0.05) is 97.2 Å². The predicted molar refractivity (Wildman–Crippen MR) is 274 cm³/mol. The number of hydrogen-bond donors (Lipinski definition) is 0. The molecule has 4 aromatic carbocycles. The average Bonchev–Trinajstić information content (AvgIpc) is 3.37. The Morgan fingerprint density at radius 3 is 0.619 bits per heavy atom. The van der Waals surface area contributed by atoms with Gasteiger partial charge >= 0.3 is 110 Å². The first-order valence-corrected chi connectivity index (χ1v) is 22.0. The van der Waals surface area contributed by atoms with Crippen LogP contribution in [0.15, 0.2) is 92.8 Å². The van der Waals surface area contributed by atoms with Crippen molar-refractivity contribution in [2.24, 2.45) is 20.0 Å². The van der Waals surface area contributed by atoms with Crippen molar-refractivity contribution in [3.63, 3.8) is 0 Å². The van der Waals surface area contributed by atoms with Crippen molar-refractivity contribution in [3.8, 4) is 46.0 Å². The zero-order valence-electron chi connectivity index (χ0n) is 43.5. The molecule has 2 saturated carbocycles. The van der Waals surface area contributed by atoms with Gasteiger partial charge in [0.15, 0.2) is 0 Å². The maximum absolute atomic E-state index is 12.3. The summed E-state index contributed by atoms with van der Waals surface area (Å²) < 4.78 is 20.3. The standard InChI is InChI=1S/2C22H26N2O4.2Cu.2Dy.6NO3/c2*1-27-19-11-5-7-15(21(19)25)13-23-17-9-3-4-10-18(17)24-14-16-8-6-12-20(28-2)22(16)26;;;;;6*2-1(3)4/h2*5-8,11-14,17-18,25-26H,3-4,9-10H2,1-2H3;;;;;;;;;;/q;;2*+2;2*+3;6*-1/p-4/t2*17-,18-;;;;;;;;;;/m11........../s1. The second kappa shape index (κ2) is 51.4. The molecule has 84 heavy (non-hydrogen) atoms. The number of hydrogen-bond acceptors (Lipinski definition) is 30. The normalized spacial score (nSPS) is 15.0. The van der Waals surface area contributed by atoms with E-state index in [9.17, 15) is 20.4 Å². The molecule has 6 rings (SSSR count). The van der Waals surface area contributed by atoms with E-state index in [0.29, 0.717) is 45.3 Å². The maximum atomic E-state index is 12.3. The number of rotatable bonds is 12. The Balaban J connectivity index is -0.000000253. The number of nitrogens with zero attached hydrogens (tertiary/aromatic N) is 10. The molecule has 2 aliphatic rings. The predicted octanol–water partition coefficient (Wildman–Crippen LogP) is 3.96. The molecular formula is C44H48Cu2Dy2N10O26. The summed E-state index contributed by atoms with van der Waals surface area (Å²) in [5.41, 5.74) is 2.01. The Bertz CT molecular complexity index is 2300. The molecule has 0 heterocycles. The third-order valence-electron chi connectivity index (χ3n) is 9.93. The first kappa shape index (κ1) is 88.0. The number of ether oxygens (including phenoxy) is 4. The van der Waals surface area contributed by atoms with Crippen LogP contribution in [-0.2, 0) is 34.1 Å². The molecule has 4 atom stereocenters. The third kappa shape index (κ3) is 41.7. The average molecular weight is 1590 g/mol. The van der Waals surface area contributed by atoms with Gasteiger partial charge in [-0.3, -0.25) is 20.0 Å². The second-order valence-electron chi connectivity index (χ2n) is 14.8. The molecule has 0 bridgehead atoms. The van der Waals surface area contributed by atoms with Crippen LogP contribution in [0.25, 0.3) is 0 Å². The summed E-state index contributed by atoms with van der Waals surface area (Å²) in [5, 5.41) is 138. The summed E-state index contributed by atoms with van der Waals surface area (Å²) in [6.45, 7) is 0. The SMILES string of the molecule is COc1cccc(C=N[C@@H]2CCCC[C@H]2N=Cc2cccc(OC)c2[O-])c1[O-].COc1cccc(C=N[C@@H]2CCCC[C@H]2N=Cc2cccc(OC)c2[O-])c1[O-].O=[N+]([O-])[O-].O=[N+]([O-])[O-].O=[N+]([O-])[O-].O=[N+]([O-])[O-].O=[N+]([O-])[O-].O=[N+]([O-])[O-].[Cu+2].[Cu+2].[Dy+3].[Dy+3]. The van der Waals surface area contributed by atoms with Crippen molar-refractivity contribution in [2.75, 3.05) is 28.4 Å². The van der Waals surface area contributed by atoms with E-state index in [2.05, 4.69) is 20.0 Å². The van der Waals surface area contributed by atoms with E-state index in [1.165, 1.54) is 28.4 Å². The van der Waals surface area contributed by atoms with Crippen molar-refractivity contribution in [1.29, 1.82) is 0 Å². The fourth-order valence-electron chi connectivity index (χ4n) is 6.76. The molecule has 0 unspecified atom stereocenters. The largest absolute Gasteiger partial charge is 3.00 e. The topological polar surface area (TPSA) is 576 Å². The minimum Gasteiger partial charge on any atom is -0.870 e. The molecule has 0 aromatic heterocycles. The molecule has 40 heteroatoms. The summed E-state index contributed by atoms with van der Waals surface area (Å²) in [4.78, 5) is 68.1. The van der Waals surface area contributed by atoms with Crippen LogP contribution in [-0.4, -0.2) is 108 Å². The van der Waals surface area contributed by atoms with E-state index in [4.69, 9.17) is 111 Å². The fourth-order valence-corrected chi connectivity index (χ4v) is 6.76. The zero-order chi connectivity index (χ0) is 61.3. The summed E-state index contributed by atoms with van der Waals surface area (Å²) in [7, 11) is 5.91. The van der Waals surface area contributed by atoms with Gasteiger partial charge in [0.05, 0.1) is 83.1 Å². The molecule has 4 radical (unpaired) electrons. The van der Waals surface area contributed by atoms with Gasteiger partial charge in [-0.05, 0) is 72.2 Å². The number of para-hydroxylation sites is 4. The van der Waals surface area contributed by atoms with Crippen molar-refractivity contribution in [3.05, 3.63) is 187 Å². The van der Waals surface area contributed by atoms with Gasteiger partial charge < -0.3 is 131 Å². The quantitative estimate of drug-likeness (QED) is 0.0838. The van der Waals surface area contributed by atoms with Gasteiger partial charge in [-0.2, -0.15) is 0 Å². The van der Waals surface area contributed by atoms with E-state index < -0.39 is 30.5 Å². The molecule has 0 N–H and O–H groups in total. The summed E-state index contributed by atoms with van der Waals surface area (Å²) in [6.07, 6.45) is 14.4. The number of aliphatic imine (C=N–C) groups is 4. The van der Waals surface area contributed by atoms with Gasteiger partial charge in [-0.25, -0.2) is 0 Å². The van der Waals surface area contributed by atoms with Gasteiger partial charge in [0.1, 0.15) is 23.0 Å². The molecule has 0 spiro atoms. The Labute approximate surface area is 557 Å². The zero-order valence-corrected chi connectivity index (χ0v) is 49.5. The van der Waals surface area contributed by atoms with Crippen LogP contribution in [0, 0.1) is 168 Å². The smallest absolute Gasteiger partial charge is 0.870 e. The van der Waals surface area contributed by atoms with Crippen LogP contribution in [0.2, 0.25) is 0 Å². The number of methoxy groups -OCH3 is 4. The third-order valence-corrected chi connectivity index (χ3v) is 9.93. The molecule has 472 valence electrons. The Hall–Kier alpha value is -7.26. The summed E-state index contributed by atoms with van der Waals surface area (Å²) in [6, 6.07) is 20.5. The van der Waals surface area contributed by atoms with E-state index >= 15 is 0 Å². The molecule has 0 amide bonds. The van der Waals surface area contributed by atoms with Gasteiger partial charge in [0.2, 0.25) is 0 Å². The Kier molecular flexibility index (Phi) is 53.8. The Morgan fingerprint density at radius 2 is 0.488 bits per heavy atom. The molecule has 36 nitrogen and oxygen atoms in total. The minimum absolute atomic E-state index is 0. The van der Waals surface area contributed by atoms with E-state index in [1.807, 2.05) is 0 Å². The first-order chi connectivity index (χ1) is 37.7. The van der Waals surface area contributed by atoms with Crippen LogP contribution in [0.1, 0.15) is 73.6 Å². The minimum atomic E-state index is -1.75. The monoisotopic (exact) mass is 1590 g/mol. The molecule has 4 aromatic rings. The van der Waals surface area contributed by atoms with Crippen molar-refractivity contribution in [2.45, 2.75) is 75.5 Å². The molecule has 0 aliphatic heterocycles.